The van der Waals surface area contributed by atoms with E-state index >= 15 is 0 Å². The van der Waals surface area contributed by atoms with Gasteiger partial charge in [-0.15, -0.1) is 12.4 Å². The van der Waals surface area contributed by atoms with Crippen LogP contribution < -0.4 is 16.4 Å². The number of rotatable bonds is 3. The summed E-state index contributed by atoms with van der Waals surface area (Å²) in [5.41, 5.74) is 6.75. The number of hydrogen-bond acceptors (Lipinski definition) is 3. The highest BCUT2D eigenvalue weighted by atomic mass is 35.5. The molecule has 0 bridgehead atoms. The van der Waals surface area contributed by atoms with Gasteiger partial charge in [0.05, 0.1) is 11.3 Å². The summed E-state index contributed by atoms with van der Waals surface area (Å²) in [6.07, 6.45) is 3.45. The van der Waals surface area contributed by atoms with Gasteiger partial charge < -0.3 is 16.4 Å². The van der Waals surface area contributed by atoms with Crippen molar-refractivity contribution in [1.82, 2.24) is 5.32 Å². The minimum Gasteiger partial charge on any atom is -0.355 e. The van der Waals surface area contributed by atoms with Crippen LogP contribution in [0.3, 0.4) is 0 Å². The van der Waals surface area contributed by atoms with E-state index in [1.165, 1.54) is 7.05 Å². The summed E-state index contributed by atoms with van der Waals surface area (Å²) >= 11 is 5.91. The molecule has 7 heteroatoms. The maximum atomic E-state index is 12.3. The number of amides is 2. The Morgan fingerprint density at radius 3 is 2.68 bits per heavy atom. The molecule has 22 heavy (non-hydrogen) atoms. The highest BCUT2D eigenvalue weighted by Crippen LogP contribution is 2.26. The summed E-state index contributed by atoms with van der Waals surface area (Å²) in [5, 5.41) is 5.82. The van der Waals surface area contributed by atoms with Gasteiger partial charge in [0.1, 0.15) is 0 Å². The lowest BCUT2D eigenvalue weighted by atomic mass is 9.85. The van der Waals surface area contributed by atoms with Crippen molar-refractivity contribution in [2.75, 3.05) is 12.4 Å². The van der Waals surface area contributed by atoms with Crippen LogP contribution >= 0.6 is 24.0 Å². The summed E-state index contributed by atoms with van der Waals surface area (Å²) < 4.78 is 0. The Morgan fingerprint density at radius 2 is 2.05 bits per heavy atom. The molecule has 1 saturated carbocycles. The van der Waals surface area contributed by atoms with E-state index in [0.717, 1.165) is 19.3 Å². The van der Waals surface area contributed by atoms with E-state index in [1.807, 2.05) is 0 Å². The van der Waals surface area contributed by atoms with Crippen molar-refractivity contribution in [1.29, 1.82) is 0 Å². The van der Waals surface area contributed by atoms with Crippen molar-refractivity contribution in [2.24, 2.45) is 11.7 Å². The second-order valence-corrected chi connectivity index (χ2v) is 5.82. The minimum absolute atomic E-state index is 0. The molecular weight excluding hydrogens is 325 g/mol. The first-order chi connectivity index (χ1) is 10.0. The summed E-state index contributed by atoms with van der Waals surface area (Å²) in [4.78, 5) is 24.2. The van der Waals surface area contributed by atoms with E-state index in [2.05, 4.69) is 10.6 Å². The molecule has 2 rings (SSSR count). The zero-order valence-corrected chi connectivity index (χ0v) is 14.0. The Morgan fingerprint density at radius 1 is 1.32 bits per heavy atom. The van der Waals surface area contributed by atoms with Gasteiger partial charge in [0.2, 0.25) is 5.91 Å². The van der Waals surface area contributed by atoms with Crippen LogP contribution in [0, 0.1) is 5.92 Å². The van der Waals surface area contributed by atoms with Gasteiger partial charge >= 0.3 is 0 Å². The molecule has 1 aromatic carbocycles. The SMILES string of the molecule is CNC(=O)c1cc(Cl)ccc1NC(=O)C1CCCC(N)C1.Cl. The summed E-state index contributed by atoms with van der Waals surface area (Å²) in [5.74, 6) is -0.465. The predicted octanol–water partition coefficient (Wildman–Crippen LogP) is 2.58. The van der Waals surface area contributed by atoms with Crippen molar-refractivity contribution >= 4 is 41.5 Å². The lowest BCUT2D eigenvalue weighted by molar-refractivity contribution is -0.120. The van der Waals surface area contributed by atoms with Crippen molar-refractivity contribution in [3.63, 3.8) is 0 Å². The number of benzene rings is 1. The molecule has 0 spiro atoms. The van der Waals surface area contributed by atoms with Gasteiger partial charge in [-0.25, -0.2) is 0 Å². The molecule has 5 nitrogen and oxygen atoms in total. The van der Waals surface area contributed by atoms with Crippen LogP contribution in [-0.2, 0) is 4.79 Å². The second-order valence-electron chi connectivity index (χ2n) is 5.38. The van der Waals surface area contributed by atoms with E-state index in [4.69, 9.17) is 17.3 Å². The quantitative estimate of drug-likeness (QED) is 0.786. The Bertz CT molecular complexity index is 552. The summed E-state index contributed by atoms with van der Waals surface area (Å²) in [6.45, 7) is 0. The van der Waals surface area contributed by atoms with Gasteiger partial charge in [0.15, 0.2) is 0 Å². The van der Waals surface area contributed by atoms with E-state index in [9.17, 15) is 9.59 Å². The average Bonchev–Trinajstić information content (AvgIpc) is 2.48. The van der Waals surface area contributed by atoms with Crippen LogP contribution in [0.25, 0.3) is 0 Å². The molecule has 1 fully saturated rings. The number of nitrogens with one attached hydrogen (secondary N) is 2. The van der Waals surface area contributed by atoms with Crippen LogP contribution in [0.5, 0.6) is 0 Å². The maximum Gasteiger partial charge on any atom is 0.253 e. The fourth-order valence-corrected chi connectivity index (χ4v) is 2.82. The Kier molecular flexibility index (Phi) is 7.13. The molecule has 2 atom stereocenters. The minimum atomic E-state index is -0.284. The smallest absolute Gasteiger partial charge is 0.253 e. The first-order valence-electron chi connectivity index (χ1n) is 7.09. The highest BCUT2D eigenvalue weighted by Gasteiger charge is 2.26. The largest absolute Gasteiger partial charge is 0.355 e. The zero-order valence-electron chi connectivity index (χ0n) is 12.4. The Labute approximate surface area is 141 Å². The summed E-state index contributed by atoms with van der Waals surface area (Å²) in [6, 6.07) is 4.92. The maximum absolute atomic E-state index is 12.3. The third-order valence-corrected chi connectivity index (χ3v) is 4.03. The third kappa shape index (κ3) is 4.60. The van der Waals surface area contributed by atoms with E-state index in [0.29, 0.717) is 22.7 Å². The fraction of sp³-hybridized carbons (Fsp3) is 0.467. The fourth-order valence-electron chi connectivity index (χ4n) is 2.65. The lowest BCUT2D eigenvalue weighted by Crippen LogP contribution is -2.34. The van der Waals surface area contributed by atoms with Crippen LogP contribution in [0.2, 0.25) is 5.02 Å². The molecular formula is C15H21Cl2N3O2. The van der Waals surface area contributed by atoms with Gasteiger partial charge in [0, 0.05) is 24.0 Å². The second kappa shape index (κ2) is 8.36. The van der Waals surface area contributed by atoms with E-state index in [1.54, 1.807) is 18.2 Å². The normalized spacial score (nSPS) is 20.7. The Hall–Kier alpha value is -1.30. The van der Waals surface area contributed by atoms with Crippen molar-refractivity contribution < 1.29 is 9.59 Å². The van der Waals surface area contributed by atoms with Crippen LogP contribution in [-0.4, -0.2) is 24.9 Å². The molecule has 0 aliphatic heterocycles. The van der Waals surface area contributed by atoms with Crippen LogP contribution in [0.1, 0.15) is 36.0 Å². The molecule has 1 aromatic rings. The molecule has 0 radical (unpaired) electrons. The van der Waals surface area contributed by atoms with Crippen molar-refractivity contribution in [3.05, 3.63) is 28.8 Å². The van der Waals surface area contributed by atoms with Gasteiger partial charge in [-0.3, -0.25) is 9.59 Å². The molecule has 122 valence electrons. The molecule has 0 heterocycles. The van der Waals surface area contributed by atoms with Crippen LogP contribution in [0.15, 0.2) is 18.2 Å². The molecule has 0 saturated heterocycles. The van der Waals surface area contributed by atoms with E-state index < -0.39 is 0 Å². The number of anilines is 1. The molecule has 1 aliphatic carbocycles. The molecule has 1 aliphatic rings. The standard InChI is InChI=1S/C15H20ClN3O2.ClH/c1-18-15(21)12-8-10(16)5-6-13(12)19-14(20)9-3-2-4-11(17)7-9;/h5-6,8-9,11H,2-4,7,17H2,1H3,(H,18,21)(H,19,20);1H. The highest BCUT2D eigenvalue weighted by molar-refractivity contribution is 6.31. The lowest BCUT2D eigenvalue weighted by Gasteiger charge is -2.26. The van der Waals surface area contributed by atoms with Crippen molar-refractivity contribution in [3.8, 4) is 0 Å². The predicted molar refractivity (Wildman–Crippen MR) is 90.7 cm³/mol. The number of carbonyl (C=O) groups is 2. The monoisotopic (exact) mass is 345 g/mol. The molecule has 4 N–H and O–H groups in total. The van der Waals surface area contributed by atoms with Crippen molar-refractivity contribution in [2.45, 2.75) is 31.7 Å². The van der Waals surface area contributed by atoms with Gasteiger partial charge in [-0.05, 0) is 37.5 Å². The van der Waals surface area contributed by atoms with Gasteiger partial charge in [0.25, 0.3) is 5.91 Å². The molecule has 2 amide bonds. The molecule has 2 unspecified atom stereocenters. The summed E-state index contributed by atoms with van der Waals surface area (Å²) in [7, 11) is 1.54. The van der Waals surface area contributed by atoms with Crippen LogP contribution in [0.4, 0.5) is 5.69 Å². The number of halogens is 2. The van der Waals surface area contributed by atoms with Gasteiger partial charge in [-0.1, -0.05) is 18.0 Å². The number of nitrogens with two attached hydrogens (primary N) is 1. The molecule has 0 aromatic heterocycles. The topological polar surface area (TPSA) is 84.2 Å². The number of carbonyl (C=O) groups excluding carboxylic acids is 2. The third-order valence-electron chi connectivity index (χ3n) is 3.80. The zero-order chi connectivity index (χ0) is 15.4. The first kappa shape index (κ1) is 18.7. The average molecular weight is 346 g/mol. The Balaban J connectivity index is 0.00000242. The number of hydrogen-bond donors (Lipinski definition) is 3. The van der Waals surface area contributed by atoms with E-state index in [-0.39, 0.29) is 36.2 Å². The first-order valence-corrected chi connectivity index (χ1v) is 7.47. The van der Waals surface area contributed by atoms with Gasteiger partial charge in [-0.2, -0.15) is 0 Å².